The number of halogens is 3. The van der Waals surface area contributed by atoms with Gasteiger partial charge in [0.2, 0.25) is 11.7 Å². The molecule has 0 aliphatic carbocycles. The number of likely N-dealkylation sites (tertiary alicyclic amines) is 1. The monoisotopic (exact) mass is 408 g/mol. The van der Waals surface area contributed by atoms with Gasteiger partial charge in [-0.05, 0) is 51.5 Å². The standard InChI is InChI=1S/C19H19F3N4O3/c1-17(2,3)28-16(27)26-9-8-18(11-26,19(20,21)22)15-24-14(25-29-15)13-6-4-12(10-23)5-7-13/h4-7H,8-9,11H2,1-3H3/t18-/m0/s1. The number of benzene rings is 1. The van der Waals surface area contributed by atoms with Crippen molar-refractivity contribution >= 4 is 6.09 Å². The summed E-state index contributed by atoms with van der Waals surface area (Å²) in [6.45, 7) is 4.10. The highest BCUT2D eigenvalue weighted by Gasteiger charge is 2.63. The van der Waals surface area contributed by atoms with Gasteiger partial charge in [0.15, 0.2) is 5.41 Å². The molecule has 1 fully saturated rings. The van der Waals surface area contributed by atoms with Crippen molar-refractivity contribution in [3.63, 3.8) is 0 Å². The zero-order valence-corrected chi connectivity index (χ0v) is 16.1. The second-order valence-corrected chi connectivity index (χ2v) is 7.84. The van der Waals surface area contributed by atoms with Crippen molar-refractivity contribution in [3.8, 4) is 17.5 Å². The molecule has 1 saturated heterocycles. The summed E-state index contributed by atoms with van der Waals surface area (Å²) >= 11 is 0. The SMILES string of the molecule is CC(C)(C)OC(=O)N1CC[C@](c2nc(-c3ccc(C#N)cc3)no2)(C(F)(F)F)C1. The number of carbonyl (C=O) groups excluding carboxylic acids is 1. The van der Waals surface area contributed by atoms with E-state index >= 15 is 0 Å². The Morgan fingerprint density at radius 3 is 2.48 bits per heavy atom. The van der Waals surface area contributed by atoms with Crippen molar-refractivity contribution in [1.29, 1.82) is 5.26 Å². The Kier molecular flexibility index (Phi) is 5.03. The van der Waals surface area contributed by atoms with Crippen molar-refractivity contribution in [1.82, 2.24) is 15.0 Å². The summed E-state index contributed by atoms with van der Waals surface area (Å²) in [6, 6.07) is 8.01. The van der Waals surface area contributed by atoms with Crippen molar-refractivity contribution < 1.29 is 27.2 Å². The molecule has 1 amide bonds. The van der Waals surface area contributed by atoms with Gasteiger partial charge in [0.05, 0.1) is 11.6 Å². The zero-order chi connectivity index (χ0) is 21.4. The average Bonchev–Trinajstić information content (AvgIpc) is 3.28. The highest BCUT2D eigenvalue weighted by atomic mass is 19.4. The molecule has 7 nitrogen and oxygen atoms in total. The van der Waals surface area contributed by atoms with Gasteiger partial charge in [0.1, 0.15) is 5.60 Å². The largest absolute Gasteiger partial charge is 0.444 e. The van der Waals surface area contributed by atoms with E-state index in [1.54, 1.807) is 20.8 Å². The first-order chi connectivity index (χ1) is 13.4. The lowest BCUT2D eigenvalue weighted by molar-refractivity contribution is -0.193. The maximum absolute atomic E-state index is 14.0. The van der Waals surface area contributed by atoms with Gasteiger partial charge in [0.25, 0.3) is 0 Å². The Morgan fingerprint density at radius 1 is 1.28 bits per heavy atom. The number of aromatic nitrogens is 2. The first-order valence-electron chi connectivity index (χ1n) is 8.84. The van der Waals surface area contributed by atoms with Crippen LogP contribution in [-0.2, 0) is 10.2 Å². The van der Waals surface area contributed by atoms with Crippen molar-refractivity contribution in [2.75, 3.05) is 13.1 Å². The molecule has 2 aromatic rings. The van der Waals surface area contributed by atoms with Crippen LogP contribution in [0.25, 0.3) is 11.4 Å². The number of hydrogen-bond acceptors (Lipinski definition) is 6. The predicted octanol–water partition coefficient (Wildman–Crippen LogP) is 4.05. The third-order valence-corrected chi connectivity index (χ3v) is 4.57. The van der Waals surface area contributed by atoms with Gasteiger partial charge in [-0.15, -0.1) is 0 Å². The minimum absolute atomic E-state index is 0.0242. The van der Waals surface area contributed by atoms with Crippen LogP contribution in [0.1, 0.15) is 38.6 Å². The average molecular weight is 408 g/mol. The van der Waals surface area contributed by atoms with Crippen LogP contribution in [0, 0.1) is 11.3 Å². The van der Waals surface area contributed by atoms with Gasteiger partial charge in [0, 0.05) is 18.7 Å². The number of hydrogen-bond donors (Lipinski definition) is 0. The van der Waals surface area contributed by atoms with E-state index < -0.39 is 42.1 Å². The number of alkyl halides is 3. The van der Waals surface area contributed by atoms with E-state index in [9.17, 15) is 18.0 Å². The van der Waals surface area contributed by atoms with Gasteiger partial charge in [-0.2, -0.15) is 23.4 Å². The molecule has 0 spiro atoms. The lowest BCUT2D eigenvalue weighted by Gasteiger charge is -2.29. The maximum Gasteiger partial charge on any atom is 0.410 e. The molecule has 0 unspecified atom stereocenters. The quantitative estimate of drug-likeness (QED) is 0.744. The molecule has 1 aliphatic heterocycles. The highest BCUT2D eigenvalue weighted by molar-refractivity contribution is 5.69. The second-order valence-electron chi connectivity index (χ2n) is 7.84. The fraction of sp³-hybridized carbons (Fsp3) is 0.474. The summed E-state index contributed by atoms with van der Waals surface area (Å²) in [5.74, 6) is -0.626. The summed E-state index contributed by atoms with van der Waals surface area (Å²) in [5.41, 5.74) is -2.48. The van der Waals surface area contributed by atoms with E-state index in [0.717, 1.165) is 4.90 Å². The van der Waals surface area contributed by atoms with Gasteiger partial charge in [-0.1, -0.05) is 5.16 Å². The summed E-state index contributed by atoms with van der Waals surface area (Å²) in [7, 11) is 0. The Morgan fingerprint density at radius 2 is 1.93 bits per heavy atom. The molecule has 0 N–H and O–H groups in total. The lowest BCUT2D eigenvalue weighted by atomic mass is 9.86. The number of rotatable bonds is 2. The minimum atomic E-state index is -4.71. The van der Waals surface area contributed by atoms with E-state index in [1.165, 1.54) is 24.3 Å². The first kappa shape index (κ1) is 20.6. The molecule has 0 saturated carbocycles. The maximum atomic E-state index is 14.0. The molecule has 2 heterocycles. The molecular formula is C19H19F3N4O3. The Balaban J connectivity index is 1.90. The zero-order valence-electron chi connectivity index (χ0n) is 16.1. The molecular weight excluding hydrogens is 389 g/mol. The van der Waals surface area contributed by atoms with Crippen LogP contribution in [0.15, 0.2) is 28.8 Å². The molecule has 1 aromatic heterocycles. The summed E-state index contributed by atoms with van der Waals surface area (Å²) < 4.78 is 52.3. The van der Waals surface area contributed by atoms with E-state index in [-0.39, 0.29) is 12.4 Å². The molecule has 154 valence electrons. The Hall–Kier alpha value is -3.09. The predicted molar refractivity (Wildman–Crippen MR) is 94.6 cm³/mol. The third-order valence-electron chi connectivity index (χ3n) is 4.57. The molecule has 0 radical (unpaired) electrons. The Labute approximate surface area is 165 Å². The molecule has 1 aliphatic rings. The van der Waals surface area contributed by atoms with E-state index in [4.69, 9.17) is 14.5 Å². The van der Waals surface area contributed by atoms with Crippen LogP contribution < -0.4 is 0 Å². The summed E-state index contributed by atoms with van der Waals surface area (Å²) in [6.07, 6.45) is -5.95. The molecule has 1 atom stereocenters. The topological polar surface area (TPSA) is 92.2 Å². The molecule has 3 rings (SSSR count). The lowest BCUT2D eigenvalue weighted by Crippen LogP contribution is -2.46. The number of carbonyl (C=O) groups is 1. The van der Waals surface area contributed by atoms with Gasteiger partial charge in [-0.25, -0.2) is 4.79 Å². The normalized spacial score (nSPS) is 19.8. The van der Waals surface area contributed by atoms with Crippen molar-refractivity contribution in [2.45, 2.75) is 44.4 Å². The van der Waals surface area contributed by atoms with Crippen LogP contribution in [0.2, 0.25) is 0 Å². The smallest absolute Gasteiger partial charge is 0.410 e. The number of amides is 1. The van der Waals surface area contributed by atoms with E-state index in [1.807, 2.05) is 6.07 Å². The fourth-order valence-electron chi connectivity index (χ4n) is 3.05. The molecule has 29 heavy (non-hydrogen) atoms. The van der Waals surface area contributed by atoms with Crippen LogP contribution in [0.3, 0.4) is 0 Å². The third kappa shape index (κ3) is 4.04. The number of ether oxygens (including phenoxy) is 1. The van der Waals surface area contributed by atoms with Crippen LogP contribution in [0.5, 0.6) is 0 Å². The van der Waals surface area contributed by atoms with E-state index in [0.29, 0.717) is 11.1 Å². The van der Waals surface area contributed by atoms with Gasteiger partial charge < -0.3 is 14.2 Å². The second kappa shape index (κ2) is 7.06. The van der Waals surface area contributed by atoms with Crippen LogP contribution >= 0.6 is 0 Å². The van der Waals surface area contributed by atoms with Crippen LogP contribution in [0.4, 0.5) is 18.0 Å². The van der Waals surface area contributed by atoms with Crippen molar-refractivity contribution in [2.24, 2.45) is 0 Å². The molecule has 10 heteroatoms. The summed E-state index contributed by atoms with van der Waals surface area (Å²) in [4.78, 5) is 17.2. The van der Waals surface area contributed by atoms with Gasteiger partial charge >= 0.3 is 12.3 Å². The number of nitrogens with zero attached hydrogens (tertiary/aromatic N) is 4. The first-order valence-corrected chi connectivity index (χ1v) is 8.84. The van der Waals surface area contributed by atoms with Crippen LogP contribution in [-0.4, -0.2) is 46.0 Å². The minimum Gasteiger partial charge on any atom is -0.444 e. The fourth-order valence-corrected chi connectivity index (χ4v) is 3.05. The highest BCUT2D eigenvalue weighted by Crippen LogP contribution is 2.47. The summed E-state index contributed by atoms with van der Waals surface area (Å²) in [5, 5.41) is 12.5. The molecule has 1 aromatic carbocycles. The van der Waals surface area contributed by atoms with E-state index in [2.05, 4.69) is 10.1 Å². The number of nitriles is 1. The molecule has 0 bridgehead atoms. The van der Waals surface area contributed by atoms with Crippen molar-refractivity contribution in [3.05, 3.63) is 35.7 Å². The van der Waals surface area contributed by atoms with Gasteiger partial charge in [-0.3, -0.25) is 0 Å². The Bertz CT molecular complexity index is 941.